The van der Waals surface area contributed by atoms with Crippen molar-refractivity contribution < 1.29 is 4.79 Å². The molecule has 0 unspecified atom stereocenters. The average molecular weight is 398 g/mol. The predicted molar refractivity (Wildman–Crippen MR) is 105 cm³/mol. The highest BCUT2D eigenvalue weighted by molar-refractivity contribution is 6.44. The molecule has 2 atom stereocenters. The first-order chi connectivity index (χ1) is 12.0. The van der Waals surface area contributed by atoms with Crippen LogP contribution in [-0.4, -0.2) is 11.9 Å². The Morgan fingerprint density at radius 3 is 2.64 bits per heavy atom. The van der Waals surface area contributed by atoms with Crippen molar-refractivity contribution in [3.8, 4) is 0 Å². The molecule has 0 aromatic heterocycles. The van der Waals surface area contributed by atoms with Crippen LogP contribution in [0.3, 0.4) is 0 Å². The van der Waals surface area contributed by atoms with E-state index in [1.807, 2.05) is 13.0 Å². The highest BCUT2D eigenvalue weighted by Gasteiger charge is 2.24. The van der Waals surface area contributed by atoms with Crippen molar-refractivity contribution in [2.75, 3.05) is 5.32 Å². The van der Waals surface area contributed by atoms with Crippen molar-refractivity contribution in [1.29, 1.82) is 0 Å². The molecule has 25 heavy (non-hydrogen) atoms. The summed E-state index contributed by atoms with van der Waals surface area (Å²) in [6, 6.07) is 11.3. The van der Waals surface area contributed by atoms with Crippen molar-refractivity contribution >= 4 is 46.4 Å². The quantitative estimate of drug-likeness (QED) is 0.655. The summed E-state index contributed by atoms with van der Waals surface area (Å²) in [5, 5.41) is 7.31. The van der Waals surface area contributed by atoms with Gasteiger partial charge in [-0.05, 0) is 49.4 Å². The summed E-state index contributed by atoms with van der Waals surface area (Å²) < 4.78 is 0. The van der Waals surface area contributed by atoms with Crippen LogP contribution in [0.5, 0.6) is 0 Å². The van der Waals surface area contributed by atoms with Crippen LogP contribution in [0.4, 0.5) is 5.69 Å². The molecule has 3 rings (SSSR count). The van der Waals surface area contributed by atoms with Gasteiger partial charge in [-0.3, -0.25) is 10.1 Å². The lowest BCUT2D eigenvalue weighted by Crippen LogP contribution is -2.41. The zero-order valence-corrected chi connectivity index (χ0v) is 16.1. The monoisotopic (exact) mass is 396 g/mol. The smallest absolute Gasteiger partial charge is 0.241 e. The Morgan fingerprint density at radius 2 is 1.84 bits per heavy atom. The molecule has 0 saturated carbocycles. The van der Waals surface area contributed by atoms with E-state index in [0.29, 0.717) is 20.8 Å². The topological polar surface area (TPSA) is 41.1 Å². The van der Waals surface area contributed by atoms with Crippen molar-refractivity contribution in [2.45, 2.75) is 38.3 Å². The van der Waals surface area contributed by atoms with Crippen LogP contribution < -0.4 is 10.6 Å². The molecule has 2 aromatic rings. The number of carbonyl (C=O) groups is 1. The normalized spacial score (nSPS) is 17.7. The third kappa shape index (κ3) is 4.29. The summed E-state index contributed by atoms with van der Waals surface area (Å²) in [7, 11) is 0. The van der Waals surface area contributed by atoms with E-state index in [9.17, 15) is 4.79 Å². The van der Waals surface area contributed by atoms with Gasteiger partial charge >= 0.3 is 0 Å². The number of rotatable bonds is 4. The summed E-state index contributed by atoms with van der Waals surface area (Å²) in [6.45, 7) is 1.85. The lowest BCUT2D eigenvalue weighted by Gasteiger charge is -2.29. The minimum Gasteiger partial charge on any atom is -0.323 e. The molecule has 3 nitrogen and oxygen atoms in total. The van der Waals surface area contributed by atoms with Crippen molar-refractivity contribution in [3.05, 3.63) is 62.6 Å². The zero-order valence-electron chi connectivity index (χ0n) is 13.8. The van der Waals surface area contributed by atoms with Crippen molar-refractivity contribution in [1.82, 2.24) is 5.32 Å². The molecule has 2 N–H and O–H groups in total. The van der Waals surface area contributed by atoms with Crippen LogP contribution in [0.1, 0.15) is 36.9 Å². The summed E-state index contributed by atoms with van der Waals surface area (Å²) >= 11 is 18.1. The zero-order chi connectivity index (χ0) is 18.0. The minimum atomic E-state index is -0.373. The highest BCUT2D eigenvalue weighted by atomic mass is 35.5. The number of hydrogen-bond donors (Lipinski definition) is 2. The second-order valence-electron chi connectivity index (χ2n) is 6.27. The van der Waals surface area contributed by atoms with Crippen molar-refractivity contribution in [2.24, 2.45) is 0 Å². The first kappa shape index (κ1) is 18.5. The molecule has 2 aromatic carbocycles. The minimum absolute atomic E-state index is 0.164. The number of hydrogen-bond acceptors (Lipinski definition) is 2. The van der Waals surface area contributed by atoms with Crippen LogP contribution in [-0.2, 0) is 11.2 Å². The molecule has 0 bridgehead atoms. The van der Waals surface area contributed by atoms with Gasteiger partial charge in [-0.15, -0.1) is 0 Å². The molecule has 132 valence electrons. The summed E-state index contributed by atoms with van der Waals surface area (Å²) in [4.78, 5) is 12.5. The lowest BCUT2D eigenvalue weighted by atomic mass is 9.87. The molecular weight excluding hydrogens is 379 g/mol. The van der Waals surface area contributed by atoms with Crippen LogP contribution >= 0.6 is 34.8 Å². The molecular formula is C19H19Cl3N2O. The fourth-order valence-corrected chi connectivity index (χ4v) is 3.76. The van der Waals surface area contributed by atoms with Gasteiger partial charge in [0.05, 0.1) is 26.8 Å². The molecule has 1 aliphatic rings. The molecule has 6 heteroatoms. The highest BCUT2D eigenvalue weighted by Crippen LogP contribution is 2.33. The SMILES string of the molecule is C[C@H](N[C@H]1CCCc2ccccc21)C(=O)Nc1cc(Cl)c(Cl)cc1Cl. The maximum absolute atomic E-state index is 12.5. The van der Waals surface area contributed by atoms with E-state index in [-0.39, 0.29) is 18.0 Å². The van der Waals surface area contributed by atoms with Crippen LogP contribution in [0.25, 0.3) is 0 Å². The number of anilines is 1. The van der Waals surface area contributed by atoms with E-state index in [2.05, 4.69) is 28.8 Å². The van der Waals surface area contributed by atoms with Gasteiger partial charge < -0.3 is 5.32 Å². The molecule has 0 aliphatic heterocycles. The predicted octanol–water partition coefficient (Wildman–Crippen LogP) is 5.64. The summed E-state index contributed by atoms with van der Waals surface area (Å²) in [5.74, 6) is -0.164. The Kier molecular flexibility index (Phi) is 5.90. The molecule has 0 saturated heterocycles. The third-order valence-corrected chi connectivity index (χ3v) is 5.52. The van der Waals surface area contributed by atoms with E-state index in [4.69, 9.17) is 34.8 Å². The molecule has 1 aliphatic carbocycles. The molecule has 0 fully saturated rings. The number of fused-ring (bicyclic) bond motifs is 1. The van der Waals surface area contributed by atoms with E-state index in [1.54, 1.807) is 6.07 Å². The summed E-state index contributed by atoms with van der Waals surface area (Å²) in [5.41, 5.74) is 3.09. The van der Waals surface area contributed by atoms with Crippen molar-refractivity contribution in [3.63, 3.8) is 0 Å². The molecule has 0 heterocycles. The van der Waals surface area contributed by atoms with Crippen LogP contribution in [0, 0.1) is 0 Å². The Bertz CT molecular complexity index is 794. The third-order valence-electron chi connectivity index (χ3n) is 4.48. The fourth-order valence-electron chi connectivity index (χ4n) is 3.16. The largest absolute Gasteiger partial charge is 0.323 e. The Labute approximate surface area is 162 Å². The fraction of sp³-hybridized carbons (Fsp3) is 0.316. The van der Waals surface area contributed by atoms with Gasteiger partial charge in [0.25, 0.3) is 0 Å². The van der Waals surface area contributed by atoms with Gasteiger partial charge in [0, 0.05) is 6.04 Å². The number of halogens is 3. The number of carbonyl (C=O) groups excluding carboxylic acids is 1. The Hall–Kier alpha value is -1.26. The lowest BCUT2D eigenvalue weighted by molar-refractivity contribution is -0.118. The van der Waals surface area contributed by atoms with E-state index < -0.39 is 0 Å². The van der Waals surface area contributed by atoms with Gasteiger partial charge in [0.1, 0.15) is 0 Å². The summed E-state index contributed by atoms with van der Waals surface area (Å²) in [6.07, 6.45) is 3.22. The van der Waals surface area contributed by atoms with Crippen LogP contribution in [0.2, 0.25) is 15.1 Å². The number of benzene rings is 2. The molecule has 0 radical (unpaired) electrons. The number of aryl methyl sites for hydroxylation is 1. The van der Waals surface area contributed by atoms with Gasteiger partial charge in [-0.25, -0.2) is 0 Å². The maximum atomic E-state index is 12.5. The second-order valence-corrected chi connectivity index (χ2v) is 7.49. The van der Waals surface area contributed by atoms with Gasteiger partial charge in [0.15, 0.2) is 0 Å². The first-order valence-electron chi connectivity index (χ1n) is 8.25. The van der Waals surface area contributed by atoms with E-state index in [0.717, 1.165) is 19.3 Å². The standard InChI is InChI=1S/C19H19Cl3N2O/c1-11(19(25)24-18-10-15(21)14(20)9-16(18)22)23-17-8-4-6-12-5-2-3-7-13(12)17/h2-3,5,7,9-11,17,23H,4,6,8H2,1H3,(H,24,25)/t11-,17-/m0/s1. The average Bonchev–Trinajstić information content (AvgIpc) is 2.60. The first-order valence-corrected chi connectivity index (χ1v) is 9.38. The van der Waals surface area contributed by atoms with Gasteiger partial charge in [-0.1, -0.05) is 59.1 Å². The van der Waals surface area contributed by atoms with Gasteiger partial charge in [0.2, 0.25) is 5.91 Å². The maximum Gasteiger partial charge on any atom is 0.241 e. The Morgan fingerprint density at radius 1 is 1.12 bits per heavy atom. The van der Waals surface area contributed by atoms with Crippen LogP contribution in [0.15, 0.2) is 36.4 Å². The second kappa shape index (κ2) is 7.96. The Balaban J connectivity index is 1.69. The van der Waals surface area contributed by atoms with E-state index in [1.165, 1.54) is 17.2 Å². The van der Waals surface area contributed by atoms with E-state index >= 15 is 0 Å². The number of amides is 1. The molecule has 0 spiro atoms. The number of nitrogens with one attached hydrogen (secondary N) is 2. The van der Waals surface area contributed by atoms with Gasteiger partial charge in [-0.2, -0.15) is 0 Å². The molecule has 1 amide bonds.